The van der Waals surface area contributed by atoms with Crippen molar-refractivity contribution in [2.45, 2.75) is 47.6 Å². The highest BCUT2D eigenvalue weighted by Crippen LogP contribution is 2.24. The summed E-state index contributed by atoms with van der Waals surface area (Å²) in [6.45, 7) is 12.0. The number of rotatable bonds is 5. The monoisotopic (exact) mass is 312 g/mol. The van der Waals surface area contributed by atoms with Gasteiger partial charge in [-0.15, -0.1) is 0 Å². The molecule has 1 amide bonds. The summed E-state index contributed by atoms with van der Waals surface area (Å²) < 4.78 is 2.17. The van der Waals surface area contributed by atoms with E-state index >= 15 is 0 Å². The molecule has 0 saturated heterocycles. The fourth-order valence-corrected chi connectivity index (χ4v) is 3.11. The molecule has 1 aromatic heterocycles. The second-order valence-corrected chi connectivity index (χ2v) is 6.49. The lowest BCUT2D eigenvalue weighted by molar-refractivity contribution is 0.0784. The Bertz CT molecular complexity index is 713. The Kier molecular flexibility index (Phi) is 5.30. The van der Waals surface area contributed by atoms with E-state index in [1.165, 1.54) is 22.4 Å². The van der Waals surface area contributed by atoms with Crippen molar-refractivity contribution >= 4 is 5.91 Å². The number of hydrogen-bond acceptors (Lipinski definition) is 1. The summed E-state index contributed by atoms with van der Waals surface area (Å²) in [4.78, 5) is 14.7. The van der Waals surface area contributed by atoms with Gasteiger partial charge in [-0.1, -0.05) is 36.8 Å². The standard InChI is InChI=1S/C20H28N2O/c1-7-11-21(6)20(23)19-16(4)15(3)17(5)22(19)13-18-10-8-9-14(2)12-18/h8-10,12H,7,11,13H2,1-6H3. The lowest BCUT2D eigenvalue weighted by Gasteiger charge is -2.19. The number of carbonyl (C=O) groups is 1. The first-order valence-electron chi connectivity index (χ1n) is 8.34. The molecule has 2 aromatic rings. The summed E-state index contributed by atoms with van der Waals surface area (Å²) >= 11 is 0. The van der Waals surface area contributed by atoms with Crippen LogP contribution in [0.15, 0.2) is 24.3 Å². The van der Waals surface area contributed by atoms with E-state index < -0.39 is 0 Å². The number of aryl methyl sites for hydroxylation is 1. The van der Waals surface area contributed by atoms with E-state index in [-0.39, 0.29) is 5.91 Å². The summed E-state index contributed by atoms with van der Waals surface area (Å²) in [6, 6.07) is 8.49. The third-order valence-electron chi connectivity index (χ3n) is 4.67. The SMILES string of the molecule is CCCN(C)C(=O)c1c(C)c(C)c(C)n1Cc1cccc(C)c1. The van der Waals surface area contributed by atoms with Crippen molar-refractivity contribution < 1.29 is 4.79 Å². The maximum absolute atomic E-state index is 12.9. The molecule has 124 valence electrons. The Morgan fingerprint density at radius 2 is 1.83 bits per heavy atom. The molecule has 23 heavy (non-hydrogen) atoms. The summed E-state index contributed by atoms with van der Waals surface area (Å²) in [5.41, 5.74) is 6.80. The van der Waals surface area contributed by atoms with Crippen LogP contribution in [0.1, 0.15) is 51.8 Å². The number of nitrogens with zero attached hydrogens (tertiary/aromatic N) is 2. The Morgan fingerprint density at radius 1 is 1.13 bits per heavy atom. The molecule has 0 unspecified atom stereocenters. The van der Waals surface area contributed by atoms with Crippen LogP contribution in [0.3, 0.4) is 0 Å². The van der Waals surface area contributed by atoms with Crippen LogP contribution in [-0.4, -0.2) is 29.0 Å². The highest BCUT2D eigenvalue weighted by Gasteiger charge is 2.23. The zero-order valence-electron chi connectivity index (χ0n) is 15.2. The average molecular weight is 312 g/mol. The van der Waals surface area contributed by atoms with Gasteiger partial charge in [-0.2, -0.15) is 0 Å². The van der Waals surface area contributed by atoms with Crippen molar-refractivity contribution in [1.82, 2.24) is 9.47 Å². The number of hydrogen-bond donors (Lipinski definition) is 0. The zero-order chi connectivity index (χ0) is 17.1. The maximum atomic E-state index is 12.9. The minimum Gasteiger partial charge on any atom is -0.340 e. The molecule has 3 heteroatoms. The van der Waals surface area contributed by atoms with Crippen LogP contribution in [0.25, 0.3) is 0 Å². The van der Waals surface area contributed by atoms with Gasteiger partial charge in [0.2, 0.25) is 0 Å². The van der Waals surface area contributed by atoms with E-state index in [0.717, 1.165) is 30.8 Å². The normalized spacial score (nSPS) is 10.9. The first kappa shape index (κ1) is 17.3. The van der Waals surface area contributed by atoms with Crippen LogP contribution in [0.2, 0.25) is 0 Å². The van der Waals surface area contributed by atoms with Crippen molar-refractivity contribution in [1.29, 1.82) is 0 Å². The lowest BCUT2D eigenvalue weighted by Crippen LogP contribution is -2.30. The van der Waals surface area contributed by atoms with Crippen molar-refractivity contribution in [2.75, 3.05) is 13.6 Å². The molecule has 0 aliphatic heterocycles. The van der Waals surface area contributed by atoms with Crippen LogP contribution in [0.4, 0.5) is 0 Å². The number of carbonyl (C=O) groups excluding carboxylic acids is 1. The quantitative estimate of drug-likeness (QED) is 0.810. The molecular formula is C20H28N2O. The van der Waals surface area contributed by atoms with Gasteiger partial charge in [-0.25, -0.2) is 0 Å². The molecule has 0 spiro atoms. The second-order valence-electron chi connectivity index (χ2n) is 6.49. The van der Waals surface area contributed by atoms with Gasteiger partial charge in [-0.3, -0.25) is 4.79 Å². The van der Waals surface area contributed by atoms with Crippen molar-refractivity contribution in [3.05, 3.63) is 57.9 Å². The smallest absolute Gasteiger partial charge is 0.270 e. The molecule has 3 nitrogen and oxygen atoms in total. The Morgan fingerprint density at radius 3 is 2.43 bits per heavy atom. The highest BCUT2D eigenvalue weighted by molar-refractivity contribution is 5.94. The first-order valence-corrected chi connectivity index (χ1v) is 8.34. The molecule has 0 bridgehead atoms. The molecule has 0 atom stereocenters. The summed E-state index contributed by atoms with van der Waals surface area (Å²) in [5.74, 6) is 0.119. The Balaban J connectivity index is 2.46. The van der Waals surface area contributed by atoms with Gasteiger partial charge in [0, 0.05) is 25.8 Å². The van der Waals surface area contributed by atoms with Gasteiger partial charge in [0.05, 0.1) is 0 Å². The average Bonchev–Trinajstić information content (AvgIpc) is 2.71. The van der Waals surface area contributed by atoms with E-state index in [0.29, 0.717) is 0 Å². The van der Waals surface area contributed by atoms with Gasteiger partial charge in [0.15, 0.2) is 0 Å². The van der Waals surface area contributed by atoms with Crippen LogP contribution < -0.4 is 0 Å². The predicted octanol–water partition coefficient (Wildman–Crippen LogP) is 4.25. The van der Waals surface area contributed by atoms with Crippen LogP contribution >= 0.6 is 0 Å². The molecule has 0 saturated carbocycles. The molecule has 0 fully saturated rings. The third-order valence-corrected chi connectivity index (χ3v) is 4.67. The van der Waals surface area contributed by atoms with Gasteiger partial charge < -0.3 is 9.47 Å². The van der Waals surface area contributed by atoms with Crippen LogP contribution in [-0.2, 0) is 6.54 Å². The zero-order valence-corrected chi connectivity index (χ0v) is 15.2. The van der Waals surface area contributed by atoms with Crippen LogP contribution in [0, 0.1) is 27.7 Å². The van der Waals surface area contributed by atoms with Crippen molar-refractivity contribution in [3.63, 3.8) is 0 Å². The molecular weight excluding hydrogens is 284 g/mol. The second kappa shape index (κ2) is 7.03. The summed E-state index contributed by atoms with van der Waals surface area (Å²) in [5, 5.41) is 0. The summed E-state index contributed by atoms with van der Waals surface area (Å²) in [6.07, 6.45) is 0.970. The minimum absolute atomic E-state index is 0.119. The highest BCUT2D eigenvalue weighted by atomic mass is 16.2. The molecule has 0 N–H and O–H groups in total. The van der Waals surface area contributed by atoms with Gasteiger partial charge in [-0.05, 0) is 50.8 Å². The molecule has 1 heterocycles. The Labute approximate surface area is 139 Å². The van der Waals surface area contributed by atoms with Crippen molar-refractivity contribution in [3.8, 4) is 0 Å². The van der Waals surface area contributed by atoms with Gasteiger partial charge in [0.25, 0.3) is 5.91 Å². The molecule has 0 aliphatic carbocycles. The minimum atomic E-state index is 0.119. The maximum Gasteiger partial charge on any atom is 0.270 e. The summed E-state index contributed by atoms with van der Waals surface area (Å²) in [7, 11) is 1.89. The lowest BCUT2D eigenvalue weighted by atomic mass is 10.1. The number of benzene rings is 1. The topological polar surface area (TPSA) is 25.2 Å². The number of aromatic nitrogens is 1. The van der Waals surface area contributed by atoms with E-state index in [4.69, 9.17) is 0 Å². The fraction of sp³-hybridized carbons (Fsp3) is 0.450. The first-order chi connectivity index (χ1) is 10.9. The van der Waals surface area contributed by atoms with E-state index in [1.807, 2.05) is 11.9 Å². The van der Waals surface area contributed by atoms with Crippen LogP contribution in [0.5, 0.6) is 0 Å². The third kappa shape index (κ3) is 3.49. The van der Waals surface area contributed by atoms with Gasteiger partial charge >= 0.3 is 0 Å². The predicted molar refractivity (Wildman–Crippen MR) is 96.2 cm³/mol. The molecule has 0 radical (unpaired) electrons. The van der Waals surface area contributed by atoms with Crippen molar-refractivity contribution in [2.24, 2.45) is 0 Å². The van der Waals surface area contributed by atoms with E-state index in [1.54, 1.807) is 0 Å². The number of amides is 1. The van der Waals surface area contributed by atoms with E-state index in [2.05, 4.69) is 63.5 Å². The van der Waals surface area contributed by atoms with Gasteiger partial charge in [0.1, 0.15) is 5.69 Å². The van der Waals surface area contributed by atoms with E-state index in [9.17, 15) is 4.79 Å². The molecule has 2 rings (SSSR count). The molecule has 0 aliphatic rings. The molecule has 1 aromatic carbocycles. The fourth-order valence-electron chi connectivity index (χ4n) is 3.11. The largest absolute Gasteiger partial charge is 0.340 e. The Hall–Kier alpha value is -2.03.